The van der Waals surface area contributed by atoms with Gasteiger partial charge in [0.05, 0.1) is 26.4 Å². The van der Waals surface area contributed by atoms with Crippen molar-refractivity contribution in [1.82, 2.24) is 35.3 Å². The van der Waals surface area contributed by atoms with E-state index < -0.39 is 5.54 Å². The van der Waals surface area contributed by atoms with E-state index in [0.29, 0.717) is 39.0 Å². The van der Waals surface area contributed by atoms with Crippen LogP contribution < -0.4 is 5.32 Å². The molecule has 3 heterocycles. The van der Waals surface area contributed by atoms with E-state index in [1.807, 2.05) is 9.58 Å². The van der Waals surface area contributed by atoms with Crippen molar-refractivity contribution in [1.29, 1.82) is 0 Å². The number of nitrogens with one attached hydrogen (secondary N) is 1. The predicted octanol–water partition coefficient (Wildman–Crippen LogP) is 0.595. The van der Waals surface area contributed by atoms with Gasteiger partial charge in [-0.2, -0.15) is 0 Å². The molecule has 4 rings (SSSR count). The van der Waals surface area contributed by atoms with Crippen molar-refractivity contribution in [2.45, 2.75) is 56.7 Å². The van der Waals surface area contributed by atoms with Crippen LogP contribution in [0.3, 0.4) is 0 Å². The minimum atomic E-state index is -0.397. The van der Waals surface area contributed by atoms with Gasteiger partial charge in [0, 0.05) is 39.3 Å². The Morgan fingerprint density at radius 2 is 2.03 bits per heavy atom. The lowest BCUT2D eigenvalue weighted by molar-refractivity contribution is -0.0555. The van der Waals surface area contributed by atoms with E-state index in [4.69, 9.17) is 9.47 Å². The van der Waals surface area contributed by atoms with Gasteiger partial charge in [-0.1, -0.05) is 12.8 Å². The fourth-order valence-electron chi connectivity index (χ4n) is 4.99. The third-order valence-corrected chi connectivity index (χ3v) is 6.51. The zero-order valence-corrected chi connectivity index (χ0v) is 17.4. The SMILES string of the molecule is COCCn1nnnc1C1(N2CCOCC2)CCCN(C(=O)NC2CCCC2)C1. The van der Waals surface area contributed by atoms with E-state index in [1.54, 1.807) is 7.11 Å². The molecule has 0 spiro atoms. The summed E-state index contributed by atoms with van der Waals surface area (Å²) in [6.07, 6.45) is 6.43. The number of aromatic nitrogens is 4. The summed E-state index contributed by atoms with van der Waals surface area (Å²) in [5.74, 6) is 0.829. The number of amides is 2. The van der Waals surface area contributed by atoms with Crippen LogP contribution in [0.2, 0.25) is 0 Å². The van der Waals surface area contributed by atoms with E-state index in [1.165, 1.54) is 12.8 Å². The molecule has 0 radical (unpaired) electrons. The molecule has 2 saturated heterocycles. The second kappa shape index (κ2) is 9.36. The summed E-state index contributed by atoms with van der Waals surface area (Å²) in [4.78, 5) is 17.4. The van der Waals surface area contributed by atoms with E-state index in [9.17, 15) is 4.79 Å². The zero-order chi connectivity index (χ0) is 20.1. The second-order valence-corrected chi connectivity index (χ2v) is 8.31. The van der Waals surface area contributed by atoms with Crippen molar-refractivity contribution in [2.24, 2.45) is 0 Å². The van der Waals surface area contributed by atoms with Crippen LogP contribution in [0, 0.1) is 0 Å². The minimum Gasteiger partial charge on any atom is -0.383 e. The lowest BCUT2D eigenvalue weighted by atomic mass is 9.85. The molecule has 3 fully saturated rings. The quantitative estimate of drug-likeness (QED) is 0.737. The van der Waals surface area contributed by atoms with Gasteiger partial charge in [0.2, 0.25) is 0 Å². The molecule has 10 heteroatoms. The normalized spacial score (nSPS) is 26.7. The summed E-state index contributed by atoms with van der Waals surface area (Å²) in [7, 11) is 1.68. The lowest BCUT2D eigenvalue weighted by Crippen LogP contribution is -2.62. The van der Waals surface area contributed by atoms with Crippen LogP contribution in [-0.2, 0) is 21.6 Å². The highest BCUT2D eigenvalue weighted by Crippen LogP contribution is 2.37. The van der Waals surface area contributed by atoms with Crippen molar-refractivity contribution in [3.8, 4) is 0 Å². The number of nitrogens with zero attached hydrogens (tertiary/aromatic N) is 6. The number of methoxy groups -OCH3 is 1. The monoisotopic (exact) mass is 407 g/mol. The highest BCUT2D eigenvalue weighted by atomic mass is 16.5. The maximum absolute atomic E-state index is 13.0. The maximum Gasteiger partial charge on any atom is 0.317 e. The topological polar surface area (TPSA) is 97.6 Å². The van der Waals surface area contributed by atoms with E-state index in [-0.39, 0.29) is 6.03 Å². The van der Waals surface area contributed by atoms with Gasteiger partial charge in [0.25, 0.3) is 0 Å². The molecule has 1 aliphatic carbocycles. The van der Waals surface area contributed by atoms with Crippen molar-refractivity contribution >= 4 is 6.03 Å². The van der Waals surface area contributed by atoms with Crippen molar-refractivity contribution in [3.05, 3.63) is 5.82 Å². The molecule has 1 N–H and O–H groups in total. The highest BCUT2D eigenvalue weighted by Gasteiger charge is 2.47. The second-order valence-electron chi connectivity index (χ2n) is 8.31. The maximum atomic E-state index is 13.0. The Hall–Kier alpha value is -1.78. The molecule has 1 aromatic rings. The first-order valence-corrected chi connectivity index (χ1v) is 10.9. The number of likely N-dealkylation sites (tertiary alicyclic amines) is 1. The number of carbonyl (C=O) groups excluding carboxylic acids is 1. The number of piperidine rings is 1. The number of urea groups is 1. The third-order valence-electron chi connectivity index (χ3n) is 6.51. The zero-order valence-electron chi connectivity index (χ0n) is 17.4. The van der Waals surface area contributed by atoms with Gasteiger partial charge in [-0.05, 0) is 36.1 Å². The Morgan fingerprint density at radius 3 is 2.79 bits per heavy atom. The van der Waals surface area contributed by atoms with Crippen LogP contribution in [0.15, 0.2) is 0 Å². The predicted molar refractivity (Wildman–Crippen MR) is 105 cm³/mol. The molecular weight excluding hydrogens is 374 g/mol. The molecule has 2 aliphatic heterocycles. The molecule has 29 heavy (non-hydrogen) atoms. The van der Waals surface area contributed by atoms with Gasteiger partial charge in [-0.15, -0.1) is 5.10 Å². The van der Waals surface area contributed by atoms with Gasteiger partial charge >= 0.3 is 6.03 Å². The summed E-state index contributed by atoms with van der Waals surface area (Å²) >= 11 is 0. The number of hydrogen-bond acceptors (Lipinski definition) is 7. The average molecular weight is 408 g/mol. The van der Waals surface area contributed by atoms with Crippen molar-refractivity contribution in [2.75, 3.05) is 53.1 Å². The number of tetrazole rings is 1. The fourth-order valence-corrected chi connectivity index (χ4v) is 4.99. The van der Waals surface area contributed by atoms with Crippen molar-refractivity contribution < 1.29 is 14.3 Å². The molecule has 1 unspecified atom stereocenters. The third kappa shape index (κ3) is 4.39. The highest BCUT2D eigenvalue weighted by molar-refractivity contribution is 5.74. The van der Waals surface area contributed by atoms with E-state index in [2.05, 4.69) is 25.7 Å². The first kappa shape index (κ1) is 20.5. The van der Waals surface area contributed by atoms with Crippen LogP contribution >= 0.6 is 0 Å². The van der Waals surface area contributed by atoms with Crippen LogP contribution in [-0.4, -0.2) is 95.2 Å². The molecule has 2 amide bonds. The van der Waals surface area contributed by atoms with Gasteiger partial charge < -0.3 is 19.7 Å². The summed E-state index contributed by atoms with van der Waals surface area (Å²) in [6.45, 7) is 5.52. The largest absolute Gasteiger partial charge is 0.383 e. The summed E-state index contributed by atoms with van der Waals surface area (Å²) in [6, 6.07) is 0.361. The summed E-state index contributed by atoms with van der Waals surface area (Å²) in [5.41, 5.74) is -0.397. The Labute approximate surface area is 171 Å². The molecule has 3 aliphatic rings. The smallest absolute Gasteiger partial charge is 0.317 e. The molecule has 0 bridgehead atoms. The number of morpholine rings is 1. The van der Waals surface area contributed by atoms with Gasteiger partial charge in [-0.3, -0.25) is 4.90 Å². The Kier molecular flexibility index (Phi) is 6.61. The number of carbonyl (C=O) groups is 1. The first-order chi connectivity index (χ1) is 14.2. The van der Waals surface area contributed by atoms with Gasteiger partial charge in [0.1, 0.15) is 5.54 Å². The Balaban J connectivity index is 1.58. The van der Waals surface area contributed by atoms with Crippen LogP contribution in [0.1, 0.15) is 44.3 Å². The fraction of sp³-hybridized carbons (Fsp3) is 0.895. The molecule has 1 aromatic heterocycles. The average Bonchev–Trinajstić information content (AvgIpc) is 3.45. The minimum absolute atomic E-state index is 0.0464. The molecular formula is C19H33N7O3. The van der Waals surface area contributed by atoms with E-state index >= 15 is 0 Å². The summed E-state index contributed by atoms with van der Waals surface area (Å²) in [5, 5.41) is 15.9. The number of ether oxygens (including phenoxy) is 2. The van der Waals surface area contributed by atoms with Gasteiger partial charge in [0.15, 0.2) is 5.82 Å². The molecule has 0 aromatic carbocycles. The lowest BCUT2D eigenvalue weighted by Gasteiger charge is -2.49. The number of hydrogen-bond donors (Lipinski definition) is 1. The molecule has 1 atom stereocenters. The van der Waals surface area contributed by atoms with Gasteiger partial charge in [-0.25, -0.2) is 9.48 Å². The molecule has 10 nitrogen and oxygen atoms in total. The number of rotatable bonds is 6. The Morgan fingerprint density at radius 1 is 1.24 bits per heavy atom. The summed E-state index contributed by atoms with van der Waals surface area (Å²) < 4.78 is 12.7. The molecule has 1 saturated carbocycles. The van der Waals surface area contributed by atoms with E-state index in [0.717, 1.165) is 51.1 Å². The van der Waals surface area contributed by atoms with Crippen LogP contribution in [0.25, 0.3) is 0 Å². The van der Waals surface area contributed by atoms with Crippen molar-refractivity contribution in [3.63, 3.8) is 0 Å². The van der Waals surface area contributed by atoms with Crippen LogP contribution in [0.5, 0.6) is 0 Å². The Bertz CT molecular complexity index is 673. The standard InChI is InChI=1S/C19H33N7O3/c1-28-12-11-26-17(21-22-23-26)19(25-9-13-29-14-10-25)7-4-8-24(15-19)18(27)20-16-5-2-3-6-16/h16H,2-15H2,1H3,(H,20,27). The molecule has 162 valence electrons. The first-order valence-electron chi connectivity index (χ1n) is 10.9. The van der Waals surface area contributed by atoms with Crippen LogP contribution in [0.4, 0.5) is 4.79 Å².